The molecule has 35 heavy (non-hydrogen) atoms. The molecule has 0 fully saturated rings. The predicted octanol–water partition coefficient (Wildman–Crippen LogP) is 6.32. The first-order valence-electron chi connectivity index (χ1n) is 10.2. The Morgan fingerprint density at radius 2 is 1.74 bits per heavy atom. The second-order valence-corrected chi connectivity index (χ2v) is 8.89. The second-order valence-electron chi connectivity index (χ2n) is 7.15. The number of hydrogen-bond acceptors (Lipinski definition) is 6. The van der Waals surface area contributed by atoms with Crippen molar-refractivity contribution in [1.82, 2.24) is 14.8 Å². The van der Waals surface area contributed by atoms with Crippen LogP contribution < -0.4 is 15.3 Å². The van der Waals surface area contributed by atoms with Gasteiger partial charge in [0.1, 0.15) is 0 Å². The number of aliphatic imine (C=N–C) groups is 1. The number of hydrogen-bond donors (Lipinski definition) is 2. The quantitative estimate of drug-likeness (QED) is 0.0876. The molecule has 11 heteroatoms. The highest BCUT2D eigenvalue weighted by Gasteiger charge is 2.11. The summed E-state index contributed by atoms with van der Waals surface area (Å²) in [6.07, 6.45) is 3.32. The van der Waals surface area contributed by atoms with Crippen LogP contribution in [0.3, 0.4) is 0 Å². The average molecular weight is 549 g/mol. The largest absolute Gasteiger partial charge is 0.434 e. The van der Waals surface area contributed by atoms with Gasteiger partial charge in [0.25, 0.3) is 5.95 Å². The maximum absolute atomic E-state index is 6.09. The molecule has 0 radical (unpaired) electrons. The van der Waals surface area contributed by atoms with Crippen molar-refractivity contribution in [3.05, 3.63) is 94.8 Å². The molecule has 0 bridgehead atoms. The summed E-state index contributed by atoms with van der Waals surface area (Å²) in [4.78, 5) is 9.14. The minimum Gasteiger partial charge on any atom is -0.434 e. The molecule has 3 N–H and O–H groups in total. The molecule has 0 aliphatic carbocycles. The molecular formula is C24H23Cl2N5O2S2. The lowest BCUT2D eigenvalue weighted by Crippen LogP contribution is -2.40. The fourth-order valence-electron chi connectivity index (χ4n) is 3.08. The molecule has 0 saturated carbocycles. The first-order valence-corrected chi connectivity index (χ1v) is 11.6. The molecular weight excluding hydrogens is 525 g/mol. The number of nitrogens with two attached hydrogens (primary N) is 1. The Hall–Kier alpha value is -2.82. The molecule has 4 aromatic rings. The van der Waals surface area contributed by atoms with Crippen molar-refractivity contribution < 1.29 is 8.60 Å². The highest BCUT2D eigenvalue weighted by molar-refractivity contribution is 7.92. The Balaban J connectivity index is 0.00000342. The van der Waals surface area contributed by atoms with Crippen LogP contribution in [0.25, 0.3) is 22.4 Å². The molecule has 2 aromatic carbocycles. The van der Waals surface area contributed by atoms with E-state index in [-0.39, 0.29) is 19.5 Å². The number of guanidine groups is 1. The molecule has 7 nitrogen and oxygen atoms in total. The maximum Gasteiger partial charge on any atom is 0.298 e. The van der Waals surface area contributed by atoms with Crippen molar-refractivity contribution >= 4 is 54.9 Å². The van der Waals surface area contributed by atoms with E-state index >= 15 is 0 Å². The van der Waals surface area contributed by atoms with E-state index < -0.39 is 0 Å². The Morgan fingerprint density at radius 3 is 2.37 bits per heavy atom. The van der Waals surface area contributed by atoms with E-state index in [2.05, 4.69) is 16.5 Å². The molecule has 2 aromatic heterocycles. The normalized spacial score (nSPS) is 11.3. The van der Waals surface area contributed by atoms with Gasteiger partial charge in [0.2, 0.25) is 5.96 Å². The number of furan rings is 1. The van der Waals surface area contributed by atoms with Gasteiger partial charge < -0.3 is 14.3 Å². The van der Waals surface area contributed by atoms with E-state index in [9.17, 15) is 0 Å². The van der Waals surface area contributed by atoms with E-state index in [4.69, 9.17) is 42.5 Å². The van der Waals surface area contributed by atoms with Gasteiger partial charge in [-0.1, -0.05) is 47.5 Å². The summed E-state index contributed by atoms with van der Waals surface area (Å²) in [5, 5.41) is 1.34. The topological polar surface area (TPSA) is 88.9 Å². The monoisotopic (exact) mass is 547 g/mol. The Bertz CT molecular complexity index is 1250. The Morgan fingerprint density at radius 1 is 1.09 bits per heavy atom. The Kier molecular flexibility index (Phi) is 9.76. The zero-order chi connectivity index (χ0) is 23.9. The zero-order valence-corrected chi connectivity index (χ0v) is 21.9. The standard InChI is InChI=1S/C24H21Cl2N5O2S.H2S/c1-31(34-33-22-3-2-12-32-22)30-24(27)29-15-16-13-21(17-4-8-19(25)9-5-17)23(28-14-16)18-6-10-20(26)11-7-18;/h2-14H,15H2,1H3,(H3,27,29,30);1H2. The summed E-state index contributed by atoms with van der Waals surface area (Å²) in [5.74, 6) is 0.614. The molecule has 182 valence electrons. The highest BCUT2D eigenvalue weighted by atomic mass is 35.5. The lowest BCUT2D eigenvalue weighted by Gasteiger charge is -2.15. The van der Waals surface area contributed by atoms with Gasteiger partial charge in [-0.05, 0) is 47.5 Å². The molecule has 0 aliphatic rings. The van der Waals surface area contributed by atoms with Crippen LogP contribution in [0.5, 0.6) is 5.95 Å². The fraction of sp³-hybridized carbons (Fsp3) is 0.0833. The van der Waals surface area contributed by atoms with Crippen LogP contribution in [0.4, 0.5) is 0 Å². The number of nitrogens with zero attached hydrogens (tertiary/aromatic N) is 3. The summed E-state index contributed by atoms with van der Waals surface area (Å²) in [5.41, 5.74) is 13.6. The van der Waals surface area contributed by atoms with Gasteiger partial charge >= 0.3 is 0 Å². The third-order valence-electron chi connectivity index (χ3n) is 4.65. The van der Waals surface area contributed by atoms with Gasteiger partial charge in [-0.3, -0.25) is 10.4 Å². The first-order chi connectivity index (χ1) is 16.5. The molecule has 0 spiro atoms. The zero-order valence-electron chi connectivity index (χ0n) is 18.6. The van der Waals surface area contributed by atoms with Gasteiger partial charge in [0, 0.05) is 40.5 Å². The van der Waals surface area contributed by atoms with Crippen molar-refractivity contribution in [3.8, 4) is 28.3 Å². The molecule has 0 aliphatic heterocycles. The van der Waals surface area contributed by atoms with Gasteiger partial charge in [-0.25, -0.2) is 4.99 Å². The number of hydrazine groups is 1. The van der Waals surface area contributed by atoms with Gasteiger partial charge in [0.05, 0.1) is 18.5 Å². The van der Waals surface area contributed by atoms with Crippen LogP contribution in [0, 0.1) is 0 Å². The minimum atomic E-state index is 0. The predicted molar refractivity (Wildman–Crippen MR) is 149 cm³/mol. The summed E-state index contributed by atoms with van der Waals surface area (Å²) >= 11 is 13.2. The second kappa shape index (κ2) is 12.8. The van der Waals surface area contributed by atoms with Gasteiger partial charge in [-0.2, -0.15) is 13.5 Å². The molecule has 2 heterocycles. The van der Waals surface area contributed by atoms with Crippen molar-refractivity contribution in [1.29, 1.82) is 0 Å². The molecule has 0 saturated heterocycles. The van der Waals surface area contributed by atoms with Crippen LogP contribution in [-0.4, -0.2) is 22.4 Å². The first kappa shape index (κ1) is 26.8. The van der Waals surface area contributed by atoms with E-state index in [1.54, 1.807) is 29.8 Å². The van der Waals surface area contributed by atoms with Crippen LogP contribution in [0.2, 0.25) is 10.0 Å². The summed E-state index contributed by atoms with van der Waals surface area (Å²) in [6, 6.07) is 20.7. The van der Waals surface area contributed by atoms with Crippen LogP contribution >= 0.6 is 48.9 Å². The maximum atomic E-state index is 6.09. The minimum absolute atomic E-state index is 0. The number of pyridine rings is 1. The number of aromatic nitrogens is 1. The number of rotatable bonds is 8. The lowest BCUT2D eigenvalue weighted by atomic mass is 9.98. The van der Waals surface area contributed by atoms with Crippen molar-refractivity contribution in [2.45, 2.75) is 6.54 Å². The molecule has 0 unspecified atom stereocenters. The molecule has 0 atom stereocenters. The average Bonchev–Trinajstić information content (AvgIpc) is 3.36. The Labute approximate surface area is 225 Å². The molecule has 0 amide bonds. The SMILES string of the molecule is CN(NC(N)=NCc1cnc(-c2ccc(Cl)cc2)c(-c2ccc(Cl)cc2)c1)SOc1ccco1.S. The number of nitrogens with one attached hydrogen (secondary N) is 1. The third-order valence-corrected chi connectivity index (χ3v) is 5.71. The summed E-state index contributed by atoms with van der Waals surface area (Å²) in [7, 11) is 1.75. The number of benzene rings is 2. The van der Waals surface area contributed by atoms with Crippen LogP contribution in [0.15, 0.2) is 88.6 Å². The number of halogens is 2. The molecule has 4 rings (SSSR count). The van der Waals surface area contributed by atoms with Crippen molar-refractivity contribution in [3.63, 3.8) is 0 Å². The van der Waals surface area contributed by atoms with Crippen LogP contribution in [0.1, 0.15) is 5.56 Å². The van der Waals surface area contributed by atoms with E-state index in [0.717, 1.165) is 40.2 Å². The van der Waals surface area contributed by atoms with Crippen LogP contribution in [-0.2, 0) is 6.54 Å². The van der Waals surface area contributed by atoms with Crippen molar-refractivity contribution in [2.24, 2.45) is 10.7 Å². The van der Waals surface area contributed by atoms with Gasteiger partial charge in [-0.15, -0.1) is 4.41 Å². The van der Waals surface area contributed by atoms with E-state index in [1.807, 2.05) is 48.5 Å². The summed E-state index contributed by atoms with van der Waals surface area (Å²) < 4.78 is 12.1. The fourth-order valence-corrected chi connectivity index (χ4v) is 3.74. The smallest absolute Gasteiger partial charge is 0.298 e. The lowest BCUT2D eigenvalue weighted by molar-refractivity contribution is 0.394. The highest BCUT2D eigenvalue weighted by Crippen LogP contribution is 2.32. The van der Waals surface area contributed by atoms with E-state index in [1.165, 1.54) is 6.26 Å². The summed E-state index contributed by atoms with van der Waals surface area (Å²) in [6.45, 7) is 0.338. The third kappa shape index (κ3) is 7.58. The van der Waals surface area contributed by atoms with E-state index in [0.29, 0.717) is 22.5 Å². The van der Waals surface area contributed by atoms with Crippen molar-refractivity contribution in [2.75, 3.05) is 7.05 Å². The van der Waals surface area contributed by atoms with Gasteiger partial charge in [0.15, 0.2) is 12.2 Å².